The number of aromatic hydroxyl groups is 1. The van der Waals surface area contributed by atoms with Gasteiger partial charge in [0, 0.05) is 12.4 Å². The van der Waals surface area contributed by atoms with Gasteiger partial charge in [-0.05, 0) is 105 Å². The maximum Gasteiger partial charge on any atom is 0.260 e. The van der Waals surface area contributed by atoms with Crippen LogP contribution in [-0.2, 0) is 61.2 Å². The zero-order chi connectivity index (χ0) is 63.0. The van der Waals surface area contributed by atoms with Crippen LogP contribution in [0.4, 0.5) is 0 Å². The molecular weight excluding hydrogens is 1200 g/mol. The van der Waals surface area contributed by atoms with Gasteiger partial charge in [0.25, 0.3) is 12.3 Å². The molecule has 0 unspecified atom stereocenters. The highest BCUT2D eigenvalue weighted by Gasteiger charge is 2.03. The van der Waals surface area contributed by atoms with Crippen molar-refractivity contribution in [3.05, 3.63) is 320 Å². The van der Waals surface area contributed by atoms with Crippen LogP contribution in [0.1, 0.15) is 44.5 Å². The van der Waals surface area contributed by atoms with Crippen molar-refractivity contribution in [2.45, 2.75) is 51.9 Å². The van der Waals surface area contributed by atoms with Crippen molar-refractivity contribution < 1.29 is 32.8 Å². The first-order chi connectivity index (χ1) is 44.9. The Hall–Kier alpha value is -11.0. The number of benzene rings is 8. The number of hydrogen-bond donors (Lipinski definition) is 3. The fourth-order valence-electron chi connectivity index (χ4n) is 7.79. The molecule has 13 rings (SSSR count). The standard InChI is InChI=1S/2C16H15N3O.C14H13ClO.C9H10N4O3S.C9H9N3O.C2H3N3/c1-2-4-15(5-3-1)11-20-16-8-6-14(7-9-16)10-19-12-17-18-13-19;1-2-4-15(5-3-1)11-20-16-8-6-14(7-9-16)10-19-13-17-12-18-19;15-10-12-6-8-14(9-7-12)16-11-13-4-2-1-3-5-13;10-15-16-17-14-9-3-1-8(2-4-9)5-13-7-11-6-12-13;13-9-3-1-8(2-4-9)5-12-7-10-6-11-12;1-3-2-5-4-1/h2*1-9,12-13H,10-11H2;1-9H,10-11H2;1-4,6-7H,5,10H2;1-4,6-7,13H,5H2;1-2H,(H,3,4,5). The van der Waals surface area contributed by atoms with E-state index in [0.717, 1.165) is 47.0 Å². The molecule has 8 aromatic carbocycles. The van der Waals surface area contributed by atoms with E-state index in [2.05, 4.69) is 107 Å². The summed E-state index contributed by atoms with van der Waals surface area (Å²) in [4.78, 5) is 19.1. The lowest BCUT2D eigenvalue weighted by Gasteiger charge is -2.07. The lowest BCUT2D eigenvalue weighted by molar-refractivity contribution is -0.199. The Labute approximate surface area is 535 Å². The predicted octanol–water partition coefficient (Wildman–Crippen LogP) is 11.7. The quantitative estimate of drug-likeness (QED) is 0.0187. The van der Waals surface area contributed by atoms with Crippen LogP contribution in [0.25, 0.3) is 0 Å². The van der Waals surface area contributed by atoms with Gasteiger partial charge in [0.05, 0.1) is 19.6 Å². The summed E-state index contributed by atoms with van der Waals surface area (Å²) < 4.78 is 33.7. The first-order valence-corrected chi connectivity index (χ1v) is 29.3. The number of nitrogens with two attached hydrogens (primary N) is 1. The molecule has 0 amide bonds. The minimum absolute atomic E-state index is 0.280. The lowest BCUT2D eigenvalue weighted by atomic mass is 10.2. The van der Waals surface area contributed by atoms with Crippen LogP contribution < -0.4 is 24.3 Å². The summed E-state index contributed by atoms with van der Waals surface area (Å²) in [7, 11) is 0. The maximum absolute atomic E-state index is 9.05. The predicted molar refractivity (Wildman–Crippen MR) is 343 cm³/mol. The molecule has 0 aliphatic rings. The third-order valence-corrected chi connectivity index (χ3v) is 13.0. The van der Waals surface area contributed by atoms with Crippen molar-refractivity contribution in [2.75, 3.05) is 0 Å². The molecule has 13 aromatic rings. The fourth-order valence-corrected chi connectivity index (χ4v) is 8.21. The number of phenols is 1. The molecule has 0 aliphatic heterocycles. The lowest BCUT2D eigenvalue weighted by Crippen LogP contribution is -2.00. The first-order valence-electron chi connectivity index (χ1n) is 28.1. The minimum Gasteiger partial charge on any atom is -0.508 e. The van der Waals surface area contributed by atoms with Gasteiger partial charge in [0.2, 0.25) is 0 Å². The summed E-state index contributed by atoms with van der Waals surface area (Å²) in [5, 5.41) is 34.7. The Balaban J connectivity index is 0.000000145. The van der Waals surface area contributed by atoms with Crippen LogP contribution in [0.3, 0.4) is 0 Å². The number of aromatic amines is 1. The van der Waals surface area contributed by atoms with E-state index < -0.39 is 0 Å². The van der Waals surface area contributed by atoms with Crippen molar-refractivity contribution >= 4 is 23.9 Å². The average Bonchev–Trinajstić information content (AvgIpc) is 4.72. The number of ether oxygens (including phenoxy) is 3. The third-order valence-electron chi connectivity index (χ3n) is 12.3. The Bertz CT molecular complexity index is 3720. The summed E-state index contributed by atoms with van der Waals surface area (Å²) >= 11 is 6.35. The van der Waals surface area contributed by atoms with Crippen LogP contribution in [0.5, 0.6) is 28.7 Å². The summed E-state index contributed by atoms with van der Waals surface area (Å²) in [6, 6.07) is 68.9. The Morgan fingerprint density at radius 2 is 0.780 bits per heavy atom. The van der Waals surface area contributed by atoms with Crippen LogP contribution in [0.2, 0.25) is 0 Å². The largest absolute Gasteiger partial charge is 0.508 e. The third kappa shape index (κ3) is 26.1. The first kappa shape index (κ1) is 65.9. The van der Waals surface area contributed by atoms with Crippen LogP contribution in [0.15, 0.2) is 276 Å². The van der Waals surface area contributed by atoms with E-state index in [-0.39, 0.29) is 5.75 Å². The topological polar surface area (TPSA) is 266 Å². The molecule has 0 bridgehead atoms. The van der Waals surface area contributed by atoms with Gasteiger partial charge >= 0.3 is 0 Å². The molecular formula is C66H65ClN16O7S. The summed E-state index contributed by atoms with van der Waals surface area (Å²) in [6.07, 6.45) is 15.9. The van der Waals surface area contributed by atoms with E-state index in [9.17, 15) is 0 Å². The van der Waals surface area contributed by atoms with Crippen molar-refractivity contribution in [1.82, 2.24) is 74.2 Å². The van der Waals surface area contributed by atoms with E-state index in [4.69, 9.17) is 35.1 Å². The van der Waals surface area contributed by atoms with Crippen molar-refractivity contribution in [1.29, 1.82) is 0 Å². The maximum atomic E-state index is 9.05. The second-order valence-electron chi connectivity index (χ2n) is 19.1. The van der Waals surface area contributed by atoms with E-state index in [1.54, 1.807) is 69.9 Å². The molecule has 0 radical (unpaired) electrons. The Kier molecular flexibility index (Phi) is 28.3. The number of halogens is 1. The smallest absolute Gasteiger partial charge is 0.260 e. The summed E-state index contributed by atoms with van der Waals surface area (Å²) in [5.41, 5.74) is 9.14. The number of nitrogens with zero attached hydrogens (tertiary/aromatic N) is 14. The molecule has 5 heterocycles. The number of phenolic OH excluding ortho intramolecular Hbond substituents is 1. The number of alkyl halides is 1. The molecule has 91 heavy (non-hydrogen) atoms. The highest BCUT2D eigenvalue weighted by atomic mass is 35.5. The molecule has 5 aromatic heterocycles. The number of rotatable bonds is 22. The number of hydrogen-bond acceptors (Lipinski definition) is 19. The Morgan fingerprint density at radius 3 is 1.11 bits per heavy atom. The molecule has 25 heteroatoms. The minimum atomic E-state index is 0.280. The van der Waals surface area contributed by atoms with Gasteiger partial charge in [0.1, 0.15) is 112 Å². The van der Waals surface area contributed by atoms with Crippen molar-refractivity contribution in [3.63, 3.8) is 0 Å². The second-order valence-corrected chi connectivity index (χ2v) is 19.8. The molecule has 0 fully saturated rings. The molecule has 464 valence electrons. The van der Waals surface area contributed by atoms with Gasteiger partial charge in [-0.2, -0.15) is 26.3 Å². The molecule has 23 nitrogen and oxygen atoms in total. The van der Waals surface area contributed by atoms with Crippen molar-refractivity contribution in [3.8, 4) is 28.7 Å². The molecule has 0 saturated heterocycles. The van der Waals surface area contributed by atoms with E-state index in [1.165, 1.54) is 59.5 Å². The van der Waals surface area contributed by atoms with Gasteiger partial charge in [-0.25, -0.2) is 34.0 Å². The van der Waals surface area contributed by atoms with Crippen LogP contribution in [0, 0.1) is 0 Å². The zero-order valence-corrected chi connectivity index (χ0v) is 50.7. The monoisotopic (exact) mass is 1260 g/mol. The molecule has 0 saturated carbocycles. The fraction of sp³-hybridized carbons (Fsp3) is 0.121. The zero-order valence-electron chi connectivity index (χ0n) is 49.2. The van der Waals surface area contributed by atoms with E-state index in [1.807, 2.05) is 156 Å². The van der Waals surface area contributed by atoms with Gasteiger partial charge in [-0.3, -0.25) is 5.10 Å². The number of aromatic nitrogens is 15. The van der Waals surface area contributed by atoms with Crippen molar-refractivity contribution in [2.24, 2.45) is 5.90 Å². The summed E-state index contributed by atoms with van der Waals surface area (Å²) in [5.74, 6) is 8.73. The van der Waals surface area contributed by atoms with E-state index in [0.29, 0.717) is 56.9 Å². The highest BCUT2D eigenvalue weighted by molar-refractivity contribution is 7.90. The highest BCUT2D eigenvalue weighted by Crippen LogP contribution is 2.20. The summed E-state index contributed by atoms with van der Waals surface area (Å²) in [6.45, 7) is 4.61. The molecule has 0 atom stereocenters. The van der Waals surface area contributed by atoms with Crippen LogP contribution in [-0.4, -0.2) is 79.3 Å². The van der Waals surface area contributed by atoms with E-state index >= 15 is 0 Å². The van der Waals surface area contributed by atoms with Gasteiger partial charge in [-0.1, -0.05) is 152 Å². The second kappa shape index (κ2) is 39.0. The van der Waals surface area contributed by atoms with Crippen LogP contribution >= 0.6 is 23.9 Å². The average molecular weight is 1260 g/mol. The van der Waals surface area contributed by atoms with Gasteiger partial charge in [0.15, 0.2) is 0 Å². The molecule has 0 aliphatic carbocycles. The van der Waals surface area contributed by atoms with Gasteiger partial charge in [-0.15, -0.1) is 31.1 Å². The van der Waals surface area contributed by atoms with Gasteiger partial charge < -0.3 is 28.1 Å². The molecule has 0 spiro atoms. The number of nitrogens with one attached hydrogen (secondary N) is 1. The normalized spacial score (nSPS) is 10.2. The Morgan fingerprint density at radius 1 is 0.407 bits per heavy atom. The number of H-pyrrole nitrogens is 1. The molecule has 4 N–H and O–H groups in total. The SMILES string of the molecule is ClCc1ccc(OCc2ccccc2)cc1.NOOSOc1ccc(Cn2cncn2)cc1.Oc1ccc(Cn2cncn2)cc1.c1ccc(COc2ccc(Cn3cncn3)cc2)cc1.c1ccc(COc2ccc(Cn3cnnc3)cc2)cc1.c1nc[nH]n1.